The third kappa shape index (κ3) is 5.38. The van der Waals surface area contributed by atoms with Gasteiger partial charge in [0.05, 0.1) is 16.9 Å². The lowest BCUT2D eigenvalue weighted by Gasteiger charge is -2.24. The molecule has 0 bridgehead atoms. The van der Waals surface area contributed by atoms with Crippen LogP contribution in [-0.4, -0.2) is 34.1 Å². The summed E-state index contributed by atoms with van der Waals surface area (Å²) >= 11 is 0. The number of rotatable bonds is 8. The number of methoxy groups -OCH3 is 1. The van der Waals surface area contributed by atoms with Crippen LogP contribution in [0.2, 0.25) is 0 Å². The molecule has 0 aliphatic rings. The Kier molecular flexibility index (Phi) is 6.75. The maximum Gasteiger partial charge on any atom is 0.240 e. The first-order valence-corrected chi connectivity index (χ1v) is 10.1. The number of benzene rings is 2. The molecule has 146 valence electrons. The van der Waals surface area contributed by atoms with Crippen LogP contribution in [0.4, 0.5) is 5.69 Å². The minimum absolute atomic E-state index is 0.130. The molecule has 7 heteroatoms. The maximum absolute atomic E-state index is 12.7. The molecule has 0 fully saturated rings. The normalized spacial score (nSPS) is 13.2. The summed E-state index contributed by atoms with van der Waals surface area (Å²) in [5, 5.41) is 2.85. The van der Waals surface area contributed by atoms with Gasteiger partial charge in [-0.15, -0.1) is 0 Å². The molecule has 0 radical (unpaired) electrons. The van der Waals surface area contributed by atoms with Gasteiger partial charge in [-0.05, 0) is 50.6 Å². The third-order valence-electron chi connectivity index (χ3n) is 4.26. The van der Waals surface area contributed by atoms with Crippen LogP contribution in [0.15, 0.2) is 59.5 Å². The number of nitrogens with one attached hydrogen (secondary N) is 2. The Morgan fingerprint density at radius 3 is 2.22 bits per heavy atom. The Balaban J connectivity index is 2.10. The van der Waals surface area contributed by atoms with Crippen molar-refractivity contribution in [3.8, 4) is 0 Å². The van der Waals surface area contributed by atoms with Crippen LogP contribution in [0.5, 0.6) is 0 Å². The summed E-state index contributed by atoms with van der Waals surface area (Å²) < 4.78 is 32.2. The highest BCUT2D eigenvalue weighted by Crippen LogP contribution is 2.25. The van der Waals surface area contributed by atoms with Gasteiger partial charge in [-0.2, -0.15) is 0 Å². The van der Waals surface area contributed by atoms with Crippen molar-refractivity contribution in [1.29, 1.82) is 0 Å². The Morgan fingerprint density at radius 2 is 1.67 bits per heavy atom. The molecule has 0 aromatic heterocycles. The molecule has 0 spiro atoms. The third-order valence-corrected chi connectivity index (χ3v) is 5.86. The van der Waals surface area contributed by atoms with E-state index in [1.54, 1.807) is 19.1 Å². The lowest BCUT2D eigenvalue weighted by Crippen LogP contribution is -2.35. The first-order chi connectivity index (χ1) is 12.7. The fraction of sp³-hybridized carbons (Fsp3) is 0.350. The summed E-state index contributed by atoms with van der Waals surface area (Å²) in [4.78, 5) is 12.8. The zero-order valence-corrected chi connectivity index (χ0v) is 16.8. The quantitative estimate of drug-likeness (QED) is 0.726. The molecule has 1 amide bonds. The van der Waals surface area contributed by atoms with Crippen molar-refractivity contribution >= 4 is 21.6 Å². The number of ether oxygens (including phenoxy) is 1. The second-order valence-electron chi connectivity index (χ2n) is 6.95. The molecule has 27 heavy (non-hydrogen) atoms. The first kappa shape index (κ1) is 21.1. The van der Waals surface area contributed by atoms with E-state index in [1.165, 1.54) is 19.2 Å². The first-order valence-electron chi connectivity index (χ1n) is 8.65. The highest BCUT2D eigenvalue weighted by molar-refractivity contribution is 7.89. The molecule has 0 saturated carbocycles. The van der Waals surface area contributed by atoms with Crippen LogP contribution >= 0.6 is 0 Å². The Labute approximate surface area is 161 Å². The fourth-order valence-corrected chi connectivity index (χ4v) is 3.84. The summed E-state index contributed by atoms with van der Waals surface area (Å²) in [5.41, 5.74) is 0.717. The predicted molar refractivity (Wildman–Crippen MR) is 106 cm³/mol. The largest absolute Gasteiger partial charge is 0.383 e. The Hall–Kier alpha value is -2.22. The van der Waals surface area contributed by atoms with Crippen molar-refractivity contribution in [1.82, 2.24) is 4.72 Å². The molecule has 6 nitrogen and oxygen atoms in total. The predicted octanol–water partition coefficient (Wildman–Crippen LogP) is 2.92. The highest BCUT2D eigenvalue weighted by atomic mass is 32.2. The zero-order valence-electron chi connectivity index (χ0n) is 16.0. The Morgan fingerprint density at radius 1 is 1.07 bits per heavy atom. The van der Waals surface area contributed by atoms with Gasteiger partial charge < -0.3 is 10.1 Å². The number of amides is 1. The number of hydrogen-bond donors (Lipinski definition) is 2. The molecule has 1 unspecified atom stereocenters. The van der Waals surface area contributed by atoms with Crippen LogP contribution < -0.4 is 10.0 Å². The van der Waals surface area contributed by atoms with E-state index in [0.717, 1.165) is 5.56 Å². The lowest BCUT2D eigenvalue weighted by atomic mass is 9.83. The van der Waals surface area contributed by atoms with E-state index in [1.807, 2.05) is 44.2 Å². The highest BCUT2D eigenvalue weighted by Gasteiger charge is 2.29. The van der Waals surface area contributed by atoms with Crippen LogP contribution in [0, 0.1) is 0 Å². The monoisotopic (exact) mass is 390 g/mol. The molecule has 1 atom stereocenters. The van der Waals surface area contributed by atoms with Crippen molar-refractivity contribution in [3.63, 3.8) is 0 Å². The smallest absolute Gasteiger partial charge is 0.240 e. The Bertz CT molecular complexity index is 863. The van der Waals surface area contributed by atoms with E-state index in [2.05, 4.69) is 10.0 Å². The molecule has 2 aromatic carbocycles. The van der Waals surface area contributed by atoms with Gasteiger partial charge in [0, 0.05) is 18.8 Å². The molecule has 2 rings (SSSR count). The van der Waals surface area contributed by atoms with Gasteiger partial charge >= 0.3 is 0 Å². The summed E-state index contributed by atoms with van der Waals surface area (Å²) in [6.45, 7) is 5.69. The summed E-state index contributed by atoms with van der Waals surface area (Å²) in [5.74, 6) is -0.170. The van der Waals surface area contributed by atoms with Gasteiger partial charge in [0.15, 0.2) is 0 Å². The van der Waals surface area contributed by atoms with Crippen LogP contribution in [0.25, 0.3) is 0 Å². The molecular weight excluding hydrogens is 364 g/mol. The van der Waals surface area contributed by atoms with E-state index >= 15 is 0 Å². The average molecular weight is 391 g/mol. The zero-order chi connectivity index (χ0) is 20.1. The average Bonchev–Trinajstić information content (AvgIpc) is 2.62. The minimum Gasteiger partial charge on any atom is -0.383 e. The molecule has 0 heterocycles. The number of carbonyl (C=O) groups excluding carboxylic acids is 1. The van der Waals surface area contributed by atoms with Crippen molar-refractivity contribution in [3.05, 3.63) is 60.2 Å². The van der Waals surface area contributed by atoms with Gasteiger partial charge in [0.1, 0.15) is 0 Å². The van der Waals surface area contributed by atoms with Crippen LogP contribution in [0.1, 0.15) is 26.3 Å². The fourth-order valence-electron chi connectivity index (χ4n) is 2.61. The van der Waals surface area contributed by atoms with Crippen molar-refractivity contribution in [2.24, 2.45) is 0 Å². The lowest BCUT2D eigenvalue weighted by molar-refractivity contribution is -0.120. The van der Waals surface area contributed by atoms with E-state index in [9.17, 15) is 13.2 Å². The topological polar surface area (TPSA) is 84.5 Å². The summed E-state index contributed by atoms with van der Waals surface area (Å²) in [6, 6.07) is 15.2. The molecule has 0 aliphatic carbocycles. The summed E-state index contributed by atoms with van der Waals surface area (Å²) in [7, 11) is -2.13. The molecule has 2 N–H and O–H groups in total. The van der Waals surface area contributed by atoms with E-state index in [4.69, 9.17) is 4.74 Å². The van der Waals surface area contributed by atoms with Gasteiger partial charge in [-0.3, -0.25) is 4.79 Å². The van der Waals surface area contributed by atoms with Gasteiger partial charge in [-0.25, -0.2) is 13.1 Å². The van der Waals surface area contributed by atoms with E-state index < -0.39 is 15.4 Å². The second kappa shape index (κ2) is 8.65. The van der Waals surface area contributed by atoms with Crippen molar-refractivity contribution in [2.75, 3.05) is 19.0 Å². The van der Waals surface area contributed by atoms with Crippen LogP contribution in [-0.2, 0) is 25.0 Å². The van der Waals surface area contributed by atoms with Gasteiger partial charge in [0.25, 0.3) is 0 Å². The maximum atomic E-state index is 12.7. The van der Waals surface area contributed by atoms with Crippen molar-refractivity contribution < 1.29 is 17.9 Å². The summed E-state index contributed by atoms with van der Waals surface area (Å²) in [6.07, 6.45) is 0. The molecular formula is C20H26N2O4S. The standard InChI is InChI=1S/C20H26N2O4S/c1-15(14-26-4)22-27(24,25)18-12-10-17(11-13-18)21-19(23)20(2,3)16-8-6-5-7-9-16/h5-13,15,22H,14H2,1-4H3,(H,21,23). The second-order valence-corrected chi connectivity index (χ2v) is 8.66. The van der Waals surface area contributed by atoms with Crippen molar-refractivity contribution in [2.45, 2.75) is 37.1 Å². The number of hydrogen-bond acceptors (Lipinski definition) is 4. The van der Waals surface area contributed by atoms with Crippen LogP contribution in [0.3, 0.4) is 0 Å². The SMILES string of the molecule is COCC(C)NS(=O)(=O)c1ccc(NC(=O)C(C)(C)c2ccccc2)cc1. The number of carbonyl (C=O) groups is 1. The van der Waals surface area contributed by atoms with Gasteiger partial charge in [-0.1, -0.05) is 30.3 Å². The van der Waals surface area contributed by atoms with E-state index in [0.29, 0.717) is 5.69 Å². The molecule has 2 aromatic rings. The number of sulfonamides is 1. The minimum atomic E-state index is -3.64. The molecule has 0 aliphatic heterocycles. The van der Waals surface area contributed by atoms with E-state index in [-0.39, 0.29) is 23.5 Å². The molecule has 0 saturated heterocycles. The number of anilines is 1. The van der Waals surface area contributed by atoms with Gasteiger partial charge in [0.2, 0.25) is 15.9 Å².